The molecule has 0 saturated carbocycles. The first-order chi connectivity index (χ1) is 14.1. The maximum Gasteiger partial charge on any atom is 0.226 e. The molecule has 1 fully saturated rings. The lowest BCUT2D eigenvalue weighted by Crippen LogP contribution is -2.49. The maximum absolute atomic E-state index is 12.5. The van der Waals surface area contributed by atoms with Gasteiger partial charge in [-0.25, -0.2) is 0 Å². The maximum atomic E-state index is 12.5. The highest BCUT2D eigenvalue weighted by molar-refractivity contribution is 5.76. The van der Waals surface area contributed by atoms with Crippen molar-refractivity contribution in [3.05, 3.63) is 29.7 Å². The van der Waals surface area contributed by atoms with E-state index in [1.54, 1.807) is 4.52 Å². The number of aromatic nitrogens is 6. The topological polar surface area (TPSA) is 106 Å². The third-order valence-corrected chi connectivity index (χ3v) is 5.13. The lowest BCUT2D eigenvalue weighted by atomic mass is 10.2. The van der Waals surface area contributed by atoms with Crippen molar-refractivity contribution < 1.29 is 9.32 Å². The zero-order valence-electron chi connectivity index (χ0n) is 16.9. The summed E-state index contributed by atoms with van der Waals surface area (Å²) in [7, 11) is 0. The van der Waals surface area contributed by atoms with Gasteiger partial charge in [0, 0.05) is 45.4 Å². The number of rotatable bonds is 7. The lowest BCUT2D eigenvalue weighted by molar-refractivity contribution is -0.131. The zero-order valence-corrected chi connectivity index (χ0v) is 16.9. The highest BCUT2D eigenvalue weighted by atomic mass is 16.5. The van der Waals surface area contributed by atoms with Crippen LogP contribution >= 0.6 is 0 Å². The Balaban J connectivity index is 1.25. The molecule has 3 aromatic rings. The van der Waals surface area contributed by atoms with Crippen LogP contribution in [0.1, 0.15) is 43.7 Å². The van der Waals surface area contributed by atoms with E-state index in [2.05, 4.69) is 37.3 Å². The summed E-state index contributed by atoms with van der Waals surface area (Å²) in [6.07, 6.45) is 3.68. The molecular formula is C19H26N8O2. The van der Waals surface area contributed by atoms with Gasteiger partial charge in [-0.05, 0) is 31.9 Å². The van der Waals surface area contributed by atoms with E-state index >= 15 is 0 Å². The van der Waals surface area contributed by atoms with Crippen LogP contribution in [0.2, 0.25) is 0 Å². The van der Waals surface area contributed by atoms with Gasteiger partial charge in [0.2, 0.25) is 11.8 Å². The molecule has 0 aromatic carbocycles. The Hall–Kier alpha value is -3.04. The molecule has 1 saturated heterocycles. The zero-order chi connectivity index (χ0) is 20.2. The Labute approximate surface area is 168 Å². The van der Waals surface area contributed by atoms with E-state index in [0.717, 1.165) is 55.5 Å². The molecule has 10 nitrogen and oxygen atoms in total. The van der Waals surface area contributed by atoms with Gasteiger partial charge in [-0.1, -0.05) is 12.1 Å². The Kier molecular flexibility index (Phi) is 5.68. The van der Waals surface area contributed by atoms with Crippen LogP contribution in [-0.2, 0) is 17.6 Å². The molecule has 0 bridgehead atoms. The Morgan fingerprint density at radius 3 is 2.76 bits per heavy atom. The molecule has 0 spiro atoms. The van der Waals surface area contributed by atoms with E-state index in [-0.39, 0.29) is 5.91 Å². The van der Waals surface area contributed by atoms with E-state index in [1.807, 2.05) is 24.0 Å². The SMILES string of the molecule is CCCc1noc(CCCC(=O)N2CCN(c3ccc4nnc(C)n4n3)CC2)n1. The Morgan fingerprint density at radius 1 is 1.14 bits per heavy atom. The van der Waals surface area contributed by atoms with Crippen LogP contribution in [0.3, 0.4) is 0 Å². The first-order valence-corrected chi connectivity index (χ1v) is 10.2. The summed E-state index contributed by atoms with van der Waals surface area (Å²) in [6.45, 7) is 6.87. The fourth-order valence-corrected chi connectivity index (χ4v) is 3.51. The molecule has 1 aliphatic heterocycles. The smallest absolute Gasteiger partial charge is 0.226 e. The molecule has 0 N–H and O–H groups in total. The molecule has 0 unspecified atom stereocenters. The van der Waals surface area contributed by atoms with Crippen LogP contribution in [0.5, 0.6) is 0 Å². The van der Waals surface area contributed by atoms with Crippen molar-refractivity contribution in [2.45, 2.75) is 46.0 Å². The van der Waals surface area contributed by atoms with Gasteiger partial charge >= 0.3 is 0 Å². The Morgan fingerprint density at radius 2 is 1.97 bits per heavy atom. The summed E-state index contributed by atoms with van der Waals surface area (Å²) in [6, 6.07) is 3.88. The van der Waals surface area contributed by atoms with E-state index in [4.69, 9.17) is 4.52 Å². The van der Waals surface area contributed by atoms with Gasteiger partial charge < -0.3 is 14.3 Å². The third kappa shape index (κ3) is 4.36. The minimum absolute atomic E-state index is 0.177. The molecule has 29 heavy (non-hydrogen) atoms. The van der Waals surface area contributed by atoms with Crippen LogP contribution in [0.25, 0.3) is 5.65 Å². The van der Waals surface area contributed by atoms with Gasteiger partial charge in [0.05, 0.1) is 0 Å². The number of piperazine rings is 1. The van der Waals surface area contributed by atoms with Gasteiger partial charge in [0.1, 0.15) is 5.82 Å². The second-order valence-electron chi connectivity index (χ2n) is 7.28. The van der Waals surface area contributed by atoms with Crippen molar-refractivity contribution in [3.8, 4) is 0 Å². The molecule has 4 rings (SSSR count). The van der Waals surface area contributed by atoms with Gasteiger partial charge in [-0.2, -0.15) is 9.50 Å². The fourth-order valence-electron chi connectivity index (χ4n) is 3.51. The second kappa shape index (κ2) is 8.54. The summed E-state index contributed by atoms with van der Waals surface area (Å²) in [4.78, 5) is 21.0. The number of amides is 1. The summed E-state index contributed by atoms with van der Waals surface area (Å²) in [5.41, 5.74) is 0.739. The average Bonchev–Trinajstić information content (AvgIpc) is 3.35. The first kappa shape index (κ1) is 19.3. The molecule has 1 amide bonds. The number of anilines is 1. The molecule has 0 aliphatic carbocycles. The van der Waals surface area contributed by atoms with Crippen molar-refractivity contribution >= 4 is 17.4 Å². The standard InChI is InChI=1S/C19H26N8O2/c1-3-5-15-20-18(29-24-15)6-4-7-19(28)26-12-10-25(11-13-26)17-9-8-16-22-21-14(2)27(16)23-17/h8-9H,3-7,10-13H2,1-2H3. The summed E-state index contributed by atoms with van der Waals surface area (Å²) in [5, 5.41) is 16.7. The minimum atomic E-state index is 0.177. The van der Waals surface area contributed by atoms with E-state index in [0.29, 0.717) is 31.8 Å². The van der Waals surface area contributed by atoms with Crippen LogP contribution in [0.15, 0.2) is 16.7 Å². The summed E-state index contributed by atoms with van der Waals surface area (Å²) < 4.78 is 6.98. The van der Waals surface area contributed by atoms with Gasteiger partial charge in [0.25, 0.3) is 0 Å². The van der Waals surface area contributed by atoms with Crippen molar-refractivity contribution in [1.29, 1.82) is 0 Å². The molecule has 154 valence electrons. The molecular weight excluding hydrogens is 372 g/mol. The second-order valence-corrected chi connectivity index (χ2v) is 7.28. The quantitative estimate of drug-likeness (QED) is 0.589. The normalized spacial score (nSPS) is 14.7. The van der Waals surface area contributed by atoms with E-state index < -0.39 is 0 Å². The predicted molar refractivity (Wildman–Crippen MR) is 106 cm³/mol. The van der Waals surface area contributed by atoms with Crippen LogP contribution in [-0.4, -0.2) is 66.9 Å². The van der Waals surface area contributed by atoms with Crippen molar-refractivity contribution in [2.24, 2.45) is 0 Å². The van der Waals surface area contributed by atoms with E-state index in [9.17, 15) is 4.79 Å². The van der Waals surface area contributed by atoms with E-state index in [1.165, 1.54) is 0 Å². The van der Waals surface area contributed by atoms with Gasteiger partial charge in [-0.3, -0.25) is 4.79 Å². The number of hydrogen-bond donors (Lipinski definition) is 0. The number of aryl methyl sites for hydroxylation is 3. The summed E-state index contributed by atoms with van der Waals surface area (Å²) in [5.74, 6) is 3.19. The number of carbonyl (C=O) groups is 1. The molecule has 3 aromatic heterocycles. The lowest BCUT2D eigenvalue weighted by Gasteiger charge is -2.35. The van der Waals surface area contributed by atoms with Crippen LogP contribution in [0.4, 0.5) is 5.82 Å². The molecule has 0 radical (unpaired) electrons. The van der Waals surface area contributed by atoms with Crippen LogP contribution < -0.4 is 4.90 Å². The number of hydrogen-bond acceptors (Lipinski definition) is 8. The monoisotopic (exact) mass is 398 g/mol. The predicted octanol–water partition coefficient (Wildman–Crippen LogP) is 1.44. The molecule has 1 aliphatic rings. The number of nitrogens with zero attached hydrogens (tertiary/aromatic N) is 8. The molecule has 4 heterocycles. The molecule has 0 atom stereocenters. The average molecular weight is 398 g/mol. The third-order valence-electron chi connectivity index (χ3n) is 5.13. The number of carbonyl (C=O) groups excluding carboxylic acids is 1. The highest BCUT2D eigenvalue weighted by Gasteiger charge is 2.22. The summed E-state index contributed by atoms with van der Waals surface area (Å²) >= 11 is 0. The van der Waals surface area contributed by atoms with Crippen molar-refractivity contribution in [2.75, 3.05) is 31.1 Å². The van der Waals surface area contributed by atoms with Crippen molar-refractivity contribution in [1.82, 2.24) is 34.9 Å². The van der Waals surface area contributed by atoms with Gasteiger partial charge in [-0.15, -0.1) is 15.3 Å². The Bertz CT molecular complexity index is 974. The minimum Gasteiger partial charge on any atom is -0.352 e. The molecule has 10 heteroatoms. The van der Waals surface area contributed by atoms with Crippen molar-refractivity contribution in [3.63, 3.8) is 0 Å². The highest BCUT2D eigenvalue weighted by Crippen LogP contribution is 2.16. The largest absolute Gasteiger partial charge is 0.352 e. The number of fused-ring (bicyclic) bond motifs is 1. The fraction of sp³-hybridized carbons (Fsp3) is 0.579. The first-order valence-electron chi connectivity index (χ1n) is 10.2. The van der Waals surface area contributed by atoms with Gasteiger partial charge in [0.15, 0.2) is 17.3 Å². The van der Waals surface area contributed by atoms with Crippen LogP contribution in [0, 0.1) is 6.92 Å².